The normalized spacial score (nSPS) is 14.7. The Bertz CT molecular complexity index is 1290. The smallest absolute Gasteiger partial charge is 0.409 e. The van der Waals surface area contributed by atoms with Gasteiger partial charge in [0.25, 0.3) is 5.91 Å². The lowest BCUT2D eigenvalue weighted by molar-refractivity contribution is 0.0964. The minimum absolute atomic E-state index is 0.137. The number of carbonyl (C=O) groups is 2. The summed E-state index contributed by atoms with van der Waals surface area (Å²) in [5, 5.41) is 3.98. The number of rotatable bonds is 6. The predicted molar refractivity (Wildman–Crippen MR) is 128 cm³/mol. The Hall–Kier alpha value is -3.50. The Morgan fingerprint density at radius 3 is 2.38 bits per heavy atom. The van der Waals surface area contributed by atoms with E-state index in [4.69, 9.17) is 4.74 Å². The number of hydrogen-bond acceptors (Lipinski definition) is 6. The number of sulfonamides is 1. The third-order valence-electron chi connectivity index (χ3n) is 5.71. The largest absolute Gasteiger partial charge is 0.450 e. The Kier molecular flexibility index (Phi) is 7.09. The zero-order chi connectivity index (χ0) is 24.1. The van der Waals surface area contributed by atoms with Crippen molar-refractivity contribution in [2.24, 2.45) is 0 Å². The molecule has 0 atom stereocenters. The number of pyridine rings is 1. The third-order valence-corrected chi connectivity index (χ3v) is 7.29. The number of amides is 2. The maximum atomic E-state index is 13.3. The highest BCUT2D eigenvalue weighted by Gasteiger charge is 2.28. The Labute approximate surface area is 198 Å². The summed E-state index contributed by atoms with van der Waals surface area (Å²) in [6, 6.07) is 13.1. The number of likely N-dealkylation sites (tertiary alicyclic amines) is 1. The molecule has 0 aliphatic carbocycles. The average molecular weight is 483 g/mol. The minimum Gasteiger partial charge on any atom is -0.450 e. The third kappa shape index (κ3) is 5.18. The lowest BCUT2D eigenvalue weighted by atomic mass is 10.1. The molecule has 1 aliphatic rings. The second-order valence-corrected chi connectivity index (χ2v) is 9.61. The first-order valence-electron chi connectivity index (χ1n) is 11.1. The molecule has 0 bridgehead atoms. The molecule has 178 valence electrons. The Morgan fingerprint density at radius 2 is 1.71 bits per heavy atom. The fourth-order valence-corrected chi connectivity index (χ4v) is 5.51. The summed E-state index contributed by atoms with van der Waals surface area (Å²) in [6.45, 7) is 2.90. The van der Waals surface area contributed by atoms with E-state index >= 15 is 0 Å². The fourth-order valence-electron chi connectivity index (χ4n) is 3.99. The Balaban J connectivity index is 1.53. The number of carbonyl (C=O) groups excluding carboxylic acids is 2. The van der Waals surface area contributed by atoms with Crippen molar-refractivity contribution in [1.29, 1.82) is 0 Å². The van der Waals surface area contributed by atoms with Gasteiger partial charge in [0.2, 0.25) is 10.0 Å². The highest BCUT2D eigenvalue weighted by atomic mass is 32.2. The van der Waals surface area contributed by atoms with Crippen molar-refractivity contribution in [3.63, 3.8) is 0 Å². The molecule has 0 unspecified atom stereocenters. The van der Waals surface area contributed by atoms with E-state index in [-0.39, 0.29) is 22.9 Å². The molecule has 1 fully saturated rings. The number of ether oxygens (including phenoxy) is 1. The van der Waals surface area contributed by atoms with E-state index in [0.717, 1.165) is 0 Å². The van der Waals surface area contributed by atoms with Gasteiger partial charge in [-0.2, -0.15) is 0 Å². The number of nitrogens with zero attached hydrogens (tertiary/aromatic N) is 2. The molecule has 4 rings (SSSR count). The molecule has 1 aliphatic heterocycles. The van der Waals surface area contributed by atoms with E-state index in [9.17, 15) is 18.0 Å². The number of hydrogen-bond donors (Lipinski definition) is 2. The van der Waals surface area contributed by atoms with Crippen LogP contribution in [0.15, 0.2) is 65.8 Å². The van der Waals surface area contributed by atoms with Gasteiger partial charge in [-0.05, 0) is 44.0 Å². The van der Waals surface area contributed by atoms with Crippen molar-refractivity contribution in [2.75, 3.05) is 25.0 Å². The summed E-state index contributed by atoms with van der Waals surface area (Å²) in [6.07, 6.45) is 3.68. The Morgan fingerprint density at radius 1 is 1.03 bits per heavy atom. The maximum absolute atomic E-state index is 13.3. The van der Waals surface area contributed by atoms with Gasteiger partial charge in [-0.15, -0.1) is 0 Å². The molecular weight excluding hydrogens is 456 g/mol. The summed E-state index contributed by atoms with van der Waals surface area (Å²) in [4.78, 5) is 30.1. The van der Waals surface area contributed by atoms with Crippen molar-refractivity contribution >= 4 is 38.5 Å². The average Bonchev–Trinajstić information content (AvgIpc) is 2.85. The van der Waals surface area contributed by atoms with E-state index in [1.54, 1.807) is 54.3 Å². The lowest BCUT2D eigenvalue weighted by Gasteiger charge is -2.31. The van der Waals surface area contributed by atoms with E-state index < -0.39 is 10.0 Å². The molecule has 34 heavy (non-hydrogen) atoms. The van der Waals surface area contributed by atoms with Gasteiger partial charge in [-0.1, -0.05) is 24.3 Å². The molecule has 9 nitrogen and oxygen atoms in total. The van der Waals surface area contributed by atoms with Crippen LogP contribution in [0.4, 0.5) is 10.5 Å². The van der Waals surface area contributed by atoms with Crippen LogP contribution in [0, 0.1) is 0 Å². The number of fused-ring (bicyclic) bond motifs is 1. The van der Waals surface area contributed by atoms with Crippen molar-refractivity contribution in [1.82, 2.24) is 14.6 Å². The summed E-state index contributed by atoms with van der Waals surface area (Å²) in [5.74, 6) is -0.311. The quantitative estimate of drug-likeness (QED) is 0.556. The van der Waals surface area contributed by atoms with Gasteiger partial charge in [-0.3, -0.25) is 9.78 Å². The van der Waals surface area contributed by atoms with Crippen LogP contribution < -0.4 is 10.0 Å². The van der Waals surface area contributed by atoms with Gasteiger partial charge in [0.15, 0.2) is 0 Å². The monoisotopic (exact) mass is 482 g/mol. The molecule has 2 aromatic carbocycles. The van der Waals surface area contributed by atoms with E-state index in [1.807, 2.05) is 0 Å². The summed E-state index contributed by atoms with van der Waals surface area (Å²) in [7, 11) is -3.84. The standard InChI is InChI=1S/C24H26N4O5S/c1-2-33-24(30)28-15-11-18(12-16-28)27-34(31,32)22-8-7-21(19-5-3-4-6-20(19)22)26-23(29)17-9-13-25-14-10-17/h3-10,13-14,18,27H,2,11-12,15-16H2,1H3,(H,26,29). The topological polar surface area (TPSA) is 118 Å². The van der Waals surface area contributed by atoms with Gasteiger partial charge >= 0.3 is 6.09 Å². The van der Waals surface area contributed by atoms with Gasteiger partial charge in [0.05, 0.1) is 11.5 Å². The van der Waals surface area contributed by atoms with E-state index in [0.29, 0.717) is 54.6 Å². The summed E-state index contributed by atoms with van der Waals surface area (Å²) >= 11 is 0. The van der Waals surface area contributed by atoms with Gasteiger partial charge in [0, 0.05) is 53.5 Å². The highest BCUT2D eigenvalue weighted by Crippen LogP contribution is 2.30. The minimum atomic E-state index is -3.84. The SMILES string of the molecule is CCOC(=O)N1CCC(NS(=O)(=O)c2ccc(NC(=O)c3ccncc3)c3ccccc23)CC1. The molecule has 2 N–H and O–H groups in total. The van der Waals surface area contributed by atoms with Crippen LogP contribution in [0.1, 0.15) is 30.1 Å². The van der Waals surface area contributed by atoms with Crippen LogP contribution in [0.5, 0.6) is 0 Å². The molecule has 0 spiro atoms. The number of benzene rings is 2. The second-order valence-electron chi connectivity index (χ2n) is 7.93. The molecule has 2 amide bonds. The first-order valence-corrected chi connectivity index (χ1v) is 12.5. The predicted octanol–water partition coefficient (Wildman–Crippen LogP) is 3.39. The van der Waals surface area contributed by atoms with Crippen LogP contribution >= 0.6 is 0 Å². The number of anilines is 1. The first kappa shape index (κ1) is 23.7. The van der Waals surface area contributed by atoms with Crippen molar-refractivity contribution < 1.29 is 22.7 Å². The molecule has 3 aromatic rings. The van der Waals surface area contributed by atoms with E-state index in [1.165, 1.54) is 18.5 Å². The van der Waals surface area contributed by atoms with Crippen LogP contribution in [-0.2, 0) is 14.8 Å². The highest BCUT2D eigenvalue weighted by molar-refractivity contribution is 7.89. The van der Waals surface area contributed by atoms with Crippen molar-refractivity contribution in [3.8, 4) is 0 Å². The molecule has 0 saturated carbocycles. The maximum Gasteiger partial charge on any atom is 0.409 e. The molecule has 0 radical (unpaired) electrons. The fraction of sp³-hybridized carbons (Fsp3) is 0.292. The zero-order valence-corrected chi connectivity index (χ0v) is 19.5. The van der Waals surface area contributed by atoms with Crippen molar-refractivity contribution in [2.45, 2.75) is 30.7 Å². The lowest BCUT2D eigenvalue weighted by Crippen LogP contribution is -2.46. The second kappa shape index (κ2) is 10.2. The van der Waals surface area contributed by atoms with Gasteiger partial charge < -0.3 is 15.0 Å². The van der Waals surface area contributed by atoms with E-state index in [2.05, 4.69) is 15.0 Å². The number of piperidine rings is 1. The summed E-state index contributed by atoms with van der Waals surface area (Å²) < 4.78 is 34.4. The molecule has 10 heteroatoms. The summed E-state index contributed by atoms with van der Waals surface area (Å²) in [5.41, 5.74) is 0.964. The van der Waals surface area contributed by atoms with Crippen LogP contribution in [0.2, 0.25) is 0 Å². The number of nitrogens with one attached hydrogen (secondary N) is 2. The van der Waals surface area contributed by atoms with Crippen LogP contribution in [-0.4, -0.2) is 56.0 Å². The number of aromatic nitrogens is 1. The molecule has 1 saturated heterocycles. The van der Waals surface area contributed by atoms with Gasteiger partial charge in [-0.25, -0.2) is 17.9 Å². The molecular formula is C24H26N4O5S. The van der Waals surface area contributed by atoms with Crippen LogP contribution in [0.3, 0.4) is 0 Å². The molecule has 2 heterocycles. The molecule has 1 aromatic heterocycles. The zero-order valence-electron chi connectivity index (χ0n) is 18.7. The van der Waals surface area contributed by atoms with Gasteiger partial charge in [0.1, 0.15) is 0 Å². The van der Waals surface area contributed by atoms with Crippen LogP contribution in [0.25, 0.3) is 10.8 Å². The van der Waals surface area contributed by atoms with Crippen molar-refractivity contribution in [3.05, 3.63) is 66.5 Å². The first-order chi connectivity index (χ1) is 16.4.